The maximum Gasteiger partial charge on any atom is 0.259 e. The minimum Gasteiger partial charge on any atom is -0.361 e. The highest BCUT2D eigenvalue weighted by molar-refractivity contribution is 6.10. The number of ketones is 1. The molecule has 114 valence electrons. The van der Waals surface area contributed by atoms with Crippen molar-refractivity contribution in [3.05, 3.63) is 36.0 Å². The number of benzene rings is 1. The van der Waals surface area contributed by atoms with Crippen LogP contribution in [0.15, 0.2) is 35.5 Å². The minimum atomic E-state index is -1.20. The molecule has 0 radical (unpaired) electrons. The zero-order chi connectivity index (χ0) is 15.9. The zero-order valence-corrected chi connectivity index (χ0v) is 12.8. The van der Waals surface area contributed by atoms with E-state index in [0.29, 0.717) is 5.96 Å². The van der Waals surface area contributed by atoms with Crippen LogP contribution in [0.3, 0.4) is 0 Å². The second kappa shape index (κ2) is 4.98. The van der Waals surface area contributed by atoms with Gasteiger partial charge < -0.3 is 9.88 Å². The number of aliphatic imine (C=N–C) groups is 1. The summed E-state index contributed by atoms with van der Waals surface area (Å²) >= 11 is 0. The van der Waals surface area contributed by atoms with Gasteiger partial charge in [-0.15, -0.1) is 0 Å². The van der Waals surface area contributed by atoms with E-state index in [1.807, 2.05) is 24.3 Å². The molecule has 3 rings (SSSR count). The monoisotopic (exact) mass is 298 g/mol. The van der Waals surface area contributed by atoms with Gasteiger partial charge in [-0.3, -0.25) is 14.9 Å². The number of amides is 1. The van der Waals surface area contributed by atoms with Crippen molar-refractivity contribution in [2.24, 2.45) is 4.99 Å². The molecular weight excluding hydrogens is 280 g/mol. The third-order valence-corrected chi connectivity index (χ3v) is 3.86. The smallest absolute Gasteiger partial charge is 0.259 e. The third-order valence-electron chi connectivity index (χ3n) is 3.86. The minimum absolute atomic E-state index is 0.0397. The molecule has 6 nitrogen and oxygen atoms in total. The number of para-hydroxylation sites is 1. The zero-order valence-electron chi connectivity index (χ0n) is 12.8. The molecular formula is C16H18N4O2. The normalized spacial score (nSPS) is 20.9. The standard InChI is InChI=1S/C16H18N4O2/c1-10(21)8-16(14(22)18-15(19-16)20(2)3)12-9-17-13-7-5-4-6-11(12)13/h4-7,9,17H,8H2,1-3H3,(H,18,19,22)/t16-/m0/s1. The van der Waals surface area contributed by atoms with Gasteiger partial charge in [-0.1, -0.05) is 18.2 Å². The lowest BCUT2D eigenvalue weighted by Crippen LogP contribution is -2.41. The average Bonchev–Trinajstić information content (AvgIpc) is 3.01. The van der Waals surface area contributed by atoms with Gasteiger partial charge in [0.2, 0.25) is 5.96 Å². The summed E-state index contributed by atoms with van der Waals surface area (Å²) in [6, 6.07) is 7.69. The Hall–Kier alpha value is -2.63. The summed E-state index contributed by atoms with van der Waals surface area (Å²) in [5.74, 6) is 0.122. The predicted molar refractivity (Wildman–Crippen MR) is 84.5 cm³/mol. The van der Waals surface area contributed by atoms with Crippen LogP contribution in [0.2, 0.25) is 0 Å². The Morgan fingerprint density at radius 3 is 2.68 bits per heavy atom. The second-order valence-corrected chi connectivity index (χ2v) is 5.77. The van der Waals surface area contributed by atoms with Crippen LogP contribution in [0.4, 0.5) is 0 Å². The summed E-state index contributed by atoms with van der Waals surface area (Å²) in [6.07, 6.45) is 1.81. The number of carbonyl (C=O) groups excluding carboxylic acids is 2. The van der Waals surface area contributed by atoms with E-state index < -0.39 is 5.54 Å². The van der Waals surface area contributed by atoms with Crippen LogP contribution in [0, 0.1) is 0 Å². The fraction of sp³-hybridized carbons (Fsp3) is 0.312. The van der Waals surface area contributed by atoms with Gasteiger partial charge in [-0.2, -0.15) is 0 Å². The molecule has 1 aliphatic heterocycles. The molecule has 0 unspecified atom stereocenters. The molecule has 1 aliphatic rings. The first-order chi connectivity index (χ1) is 10.4. The van der Waals surface area contributed by atoms with Crippen molar-refractivity contribution in [2.45, 2.75) is 18.9 Å². The Morgan fingerprint density at radius 2 is 2.05 bits per heavy atom. The van der Waals surface area contributed by atoms with E-state index in [4.69, 9.17) is 0 Å². The second-order valence-electron chi connectivity index (χ2n) is 5.77. The molecule has 1 aromatic heterocycles. The first-order valence-electron chi connectivity index (χ1n) is 7.09. The van der Waals surface area contributed by atoms with E-state index in [1.165, 1.54) is 6.92 Å². The molecule has 0 bridgehead atoms. The highest BCUT2D eigenvalue weighted by Crippen LogP contribution is 2.38. The number of rotatable bonds is 3. The summed E-state index contributed by atoms with van der Waals surface area (Å²) in [4.78, 5) is 33.9. The van der Waals surface area contributed by atoms with Crippen molar-refractivity contribution >= 4 is 28.6 Å². The number of carbonyl (C=O) groups is 2. The maximum atomic E-state index is 12.7. The average molecular weight is 298 g/mol. The Kier molecular flexibility index (Phi) is 3.24. The number of aromatic amines is 1. The van der Waals surface area contributed by atoms with Gasteiger partial charge >= 0.3 is 0 Å². The molecule has 1 amide bonds. The molecule has 0 saturated carbocycles. The first kappa shape index (κ1) is 14.3. The Labute approximate surface area is 128 Å². The maximum absolute atomic E-state index is 12.7. The molecule has 1 aromatic carbocycles. The molecule has 0 fully saturated rings. The summed E-state index contributed by atoms with van der Waals surface area (Å²) in [5, 5.41) is 3.68. The number of hydrogen-bond donors (Lipinski definition) is 2. The van der Waals surface area contributed by atoms with Gasteiger partial charge in [-0.25, -0.2) is 4.99 Å². The Balaban J connectivity index is 2.23. The van der Waals surface area contributed by atoms with Crippen LogP contribution in [0.5, 0.6) is 0 Å². The lowest BCUT2D eigenvalue weighted by atomic mass is 9.85. The van der Waals surface area contributed by atoms with Crippen molar-refractivity contribution in [1.29, 1.82) is 0 Å². The summed E-state index contributed by atoms with van der Waals surface area (Å²) in [6.45, 7) is 1.48. The molecule has 0 aliphatic carbocycles. The van der Waals surface area contributed by atoms with Gasteiger partial charge in [0.1, 0.15) is 5.78 Å². The van der Waals surface area contributed by atoms with Crippen molar-refractivity contribution in [2.75, 3.05) is 14.1 Å². The van der Waals surface area contributed by atoms with Gasteiger partial charge in [0.05, 0.1) is 0 Å². The van der Waals surface area contributed by atoms with E-state index in [2.05, 4.69) is 15.3 Å². The molecule has 2 heterocycles. The van der Waals surface area contributed by atoms with Crippen molar-refractivity contribution in [3.8, 4) is 0 Å². The summed E-state index contributed by atoms with van der Waals surface area (Å²) in [5.41, 5.74) is 0.444. The Morgan fingerprint density at radius 1 is 1.32 bits per heavy atom. The molecule has 0 saturated heterocycles. The number of nitrogens with one attached hydrogen (secondary N) is 2. The van der Waals surface area contributed by atoms with Crippen LogP contribution in [0.25, 0.3) is 10.9 Å². The van der Waals surface area contributed by atoms with Crippen molar-refractivity contribution < 1.29 is 9.59 Å². The highest BCUT2D eigenvalue weighted by atomic mass is 16.2. The predicted octanol–water partition coefficient (Wildman–Crippen LogP) is 1.39. The fourth-order valence-electron chi connectivity index (χ4n) is 2.85. The number of Topliss-reactive ketones (excluding diaryl/α,β-unsaturated/α-hetero) is 1. The Bertz CT molecular complexity index is 790. The molecule has 2 N–H and O–H groups in total. The van der Waals surface area contributed by atoms with E-state index in [9.17, 15) is 9.59 Å². The first-order valence-corrected chi connectivity index (χ1v) is 7.09. The van der Waals surface area contributed by atoms with Gasteiger partial charge in [-0.05, 0) is 13.0 Å². The van der Waals surface area contributed by atoms with E-state index in [0.717, 1.165) is 16.5 Å². The molecule has 1 atom stereocenters. The number of hydrogen-bond acceptors (Lipinski definition) is 4. The SMILES string of the molecule is CC(=O)C[C@@]1(c2c[nH]c3ccccc23)N=C(N(C)C)NC1=O. The summed E-state index contributed by atoms with van der Waals surface area (Å²) in [7, 11) is 3.61. The van der Waals surface area contributed by atoms with E-state index in [-0.39, 0.29) is 18.1 Å². The van der Waals surface area contributed by atoms with Crippen LogP contribution in [0.1, 0.15) is 18.9 Å². The van der Waals surface area contributed by atoms with Crippen LogP contribution in [-0.2, 0) is 15.1 Å². The topological polar surface area (TPSA) is 77.6 Å². The quantitative estimate of drug-likeness (QED) is 0.899. The third kappa shape index (κ3) is 2.07. The fourth-order valence-corrected chi connectivity index (χ4v) is 2.85. The molecule has 6 heteroatoms. The van der Waals surface area contributed by atoms with E-state index >= 15 is 0 Å². The van der Waals surface area contributed by atoms with Crippen LogP contribution < -0.4 is 5.32 Å². The molecule has 22 heavy (non-hydrogen) atoms. The van der Waals surface area contributed by atoms with Gasteiger partial charge in [0.15, 0.2) is 5.54 Å². The number of fused-ring (bicyclic) bond motifs is 1. The lowest BCUT2D eigenvalue weighted by molar-refractivity contribution is -0.128. The van der Waals surface area contributed by atoms with Gasteiger partial charge in [0, 0.05) is 43.2 Å². The van der Waals surface area contributed by atoms with Crippen molar-refractivity contribution in [1.82, 2.24) is 15.2 Å². The summed E-state index contributed by atoms with van der Waals surface area (Å²) < 4.78 is 0. The van der Waals surface area contributed by atoms with Crippen LogP contribution >= 0.6 is 0 Å². The van der Waals surface area contributed by atoms with Gasteiger partial charge in [0.25, 0.3) is 5.91 Å². The van der Waals surface area contributed by atoms with E-state index in [1.54, 1.807) is 25.2 Å². The largest absolute Gasteiger partial charge is 0.361 e. The number of nitrogens with zero attached hydrogens (tertiary/aromatic N) is 2. The van der Waals surface area contributed by atoms with Crippen molar-refractivity contribution in [3.63, 3.8) is 0 Å². The number of aromatic nitrogens is 1. The molecule has 2 aromatic rings. The lowest BCUT2D eigenvalue weighted by Gasteiger charge is -2.21. The molecule has 0 spiro atoms. The number of H-pyrrole nitrogens is 1. The van der Waals surface area contributed by atoms with Crippen LogP contribution in [-0.4, -0.2) is 41.6 Å². The highest BCUT2D eigenvalue weighted by Gasteiger charge is 2.48. The number of guanidine groups is 1.